The van der Waals surface area contributed by atoms with Crippen molar-refractivity contribution in [1.29, 1.82) is 0 Å². The number of rotatable bonds is 3. The molecule has 0 saturated heterocycles. The number of hydrogen-bond donors (Lipinski definition) is 1. The molecule has 0 amide bonds. The van der Waals surface area contributed by atoms with E-state index in [1.165, 1.54) is 17.2 Å². The lowest BCUT2D eigenvalue weighted by Gasteiger charge is -2.16. The molecule has 3 rings (SSSR count). The second-order valence-electron chi connectivity index (χ2n) is 6.25. The molecule has 2 nitrogen and oxygen atoms in total. The van der Waals surface area contributed by atoms with Crippen LogP contribution >= 0.6 is 0 Å². The summed E-state index contributed by atoms with van der Waals surface area (Å²) in [5, 5.41) is 3.30. The Labute approximate surface area is 125 Å². The Hall–Kier alpha value is -2.03. The largest absolute Gasteiger partial charge is 0.487 e. The minimum atomic E-state index is -0.177. The third-order valence-electron chi connectivity index (χ3n) is 3.88. The molecule has 1 aliphatic heterocycles. The zero-order valence-corrected chi connectivity index (χ0v) is 12.7. The van der Waals surface area contributed by atoms with Gasteiger partial charge in [-0.3, -0.25) is 0 Å². The van der Waals surface area contributed by atoms with Crippen LogP contribution in [0.4, 0.5) is 10.1 Å². The smallest absolute Gasteiger partial charge is 0.128 e. The highest BCUT2D eigenvalue weighted by Gasteiger charge is 2.29. The van der Waals surface area contributed by atoms with E-state index in [4.69, 9.17) is 4.74 Å². The van der Waals surface area contributed by atoms with Crippen molar-refractivity contribution >= 4 is 5.69 Å². The monoisotopic (exact) mass is 285 g/mol. The SMILES string of the molecule is Cc1c(F)cccc1NCc1ccc2c(c1)CC(C)(C)O2. The molecule has 0 aromatic heterocycles. The van der Waals surface area contributed by atoms with Crippen molar-refractivity contribution < 1.29 is 9.13 Å². The molecule has 2 aromatic rings. The van der Waals surface area contributed by atoms with Gasteiger partial charge in [-0.15, -0.1) is 0 Å². The maximum absolute atomic E-state index is 13.5. The number of halogens is 1. The van der Waals surface area contributed by atoms with Gasteiger partial charge in [0.05, 0.1) is 0 Å². The van der Waals surface area contributed by atoms with E-state index in [0.29, 0.717) is 12.1 Å². The number of fused-ring (bicyclic) bond motifs is 1. The predicted molar refractivity (Wildman–Crippen MR) is 83.3 cm³/mol. The normalized spacial score (nSPS) is 15.4. The Morgan fingerprint density at radius 3 is 2.86 bits per heavy atom. The first-order valence-electron chi connectivity index (χ1n) is 7.24. The van der Waals surface area contributed by atoms with Crippen LogP contribution in [0.3, 0.4) is 0 Å². The Morgan fingerprint density at radius 1 is 1.24 bits per heavy atom. The summed E-state index contributed by atoms with van der Waals surface area (Å²) in [6.07, 6.45) is 0.926. The molecule has 1 N–H and O–H groups in total. The van der Waals surface area contributed by atoms with Crippen molar-refractivity contribution in [3.8, 4) is 5.75 Å². The fourth-order valence-electron chi connectivity index (χ4n) is 2.77. The van der Waals surface area contributed by atoms with E-state index in [9.17, 15) is 4.39 Å². The molecular formula is C18H20FNO. The molecule has 110 valence electrons. The number of nitrogens with one attached hydrogen (secondary N) is 1. The zero-order valence-electron chi connectivity index (χ0n) is 12.7. The van der Waals surface area contributed by atoms with E-state index in [2.05, 4.69) is 31.3 Å². The molecule has 0 bridgehead atoms. The molecule has 0 radical (unpaired) electrons. The molecule has 0 saturated carbocycles. The second kappa shape index (κ2) is 5.06. The van der Waals surface area contributed by atoms with Gasteiger partial charge < -0.3 is 10.1 Å². The second-order valence-corrected chi connectivity index (χ2v) is 6.25. The van der Waals surface area contributed by atoms with Crippen LogP contribution in [0.5, 0.6) is 5.75 Å². The van der Waals surface area contributed by atoms with Gasteiger partial charge in [0.25, 0.3) is 0 Å². The van der Waals surface area contributed by atoms with Gasteiger partial charge in [-0.25, -0.2) is 4.39 Å². The summed E-state index contributed by atoms with van der Waals surface area (Å²) >= 11 is 0. The van der Waals surface area contributed by atoms with E-state index in [0.717, 1.165) is 17.9 Å². The number of hydrogen-bond acceptors (Lipinski definition) is 2. The van der Waals surface area contributed by atoms with Crippen LogP contribution < -0.4 is 10.1 Å². The molecule has 3 heteroatoms. The Morgan fingerprint density at radius 2 is 2.05 bits per heavy atom. The number of benzene rings is 2. The molecule has 21 heavy (non-hydrogen) atoms. The van der Waals surface area contributed by atoms with Gasteiger partial charge >= 0.3 is 0 Å². The molecular weight excluding hydrogens is 265 g/mol. The van der Waals surface area contributed by atoms with Crippen molar-refractivity contribution in [3.63, 3.8) is 0 Å². The molecule has 1 aliphatic rings. The van der Waals surface area contributed by atoms with Gasteiger partial charge in [0.15, 0.2) is 0 Å². The summed E-state index contributed by atoms with van der Waals surface area (Å²) in [7, 11) is 0. The minimum absolute atomic E-state index is 0.118. The van der Waals surface area contributed by atoms with Crippen molar-refractivity contribution in [1.82, 2.24) is 0 Å². The first-order chi connectivity index (χ1) is 9.94. The average Bonchev–Trinajstić information content (AvgIpc) is 2.73. The minimum Gasteiger partial charge on any atom is -0.487 e. The fraction of sp³-hybridized carbons (Fsp3) is 0.333. The summed E-state index contributed by atoms with van der Waals surface area (Å²) in [6.45, 7) is 6.66. The summed E-state index contributed by atoms with van der Waals surface area (Å²) in [6, 6.07) is 11.4. The molecule has 0 unspecified atom stereocenters. The van der Waals surface area contributed by atoms with Crippen molar-refractivity contribution in [2.45, 2.75) is 39.3 Å². The Kier molecular flexibility index (Phi) is 3.36. The van der Waals surface area contributed by atoms with Crippen LogP contribution in [0.1, 0.15) is 30.5 Å². The molecule has 0 fully saturated rings. The lowest BCUT2D eigenvalue weighted by atomic mass is 10.0. The number of anilines is 1. The van der Waals surface area contributed by atoms with E-state index in [1.807, 2.05) is 12.1 Å². The van der Waals surface area contributed by atoms with Crippen LogP contribution in [0.25, 0.3) is 0 Å². The van der Waals surface area contributed by atoms with Crippen LogP contribution in [0.2, 0.25) is 0 Å². The van der Waals surface area contributed by atoms with Crippen LogP contribution in [-0.4, -0.2) is 5.60 Å². The van der Waals surface area contributed by atoms with Gasteiger partial charge in [-0.1, -0.05) is 18.2 Å². The Bertz CT molecular complexity index is 679. The standard InChI is InChI=1S/C18H20FNO/c1-12-15(19)5-4-6-16(12)20-11-13-7-8-17-14(9-13)10-18(2,3)21-17/h4-9,20H,10-11H2,1-3H3. The highest BCUT2D eigenvalue weighted by molar-refractivity contribution is 5.52. The van der Waals surface area contributed by atoms with Crippen LogP contribution in [0, 0.1) is 12.7 Å². The van der Waals surface area contributed by atoms with E-state index in [1.54, 1.807) is 13.0 Å². The quantitative estimate of drug-likeness (QED) is 0.899. The maximum atomic E-state index is 13.5. The Balaban J connectivity index is 1.74. The molecule has 1 heterocycles. The van der Waals surface area contributed by atoms with E-state index in [-0.39, 0.29) is 11.4 Å². The van der Waals surface area contributed by atoms with Crippen LogP contribution in [-0.2, 0) is 13.0 Å². The lowest BCUT2D eigenvalue weighted by molar-refractivity contribution is 0.138. The van der Waals surface area contributed by atoms with Crippen molar-refractivity contribution in [2.24, 2.45) is 0 Å². The third-order valence-corrected chi connectivity index (χ3v) is 3.88. The van der Waals surface area contributed by atoms with Crippen LogP contribution in [0.15, 0.2) is 36.4 Å². The van der Waals surface area contributed by atoms with Gasteiger partial charge in [-0.2, -0.15) is 0 Å². The van der Waals surface area contributed by atoms with Crippen molar-refractivity contribution in [3.05, 3.63) is 58.9 Å². The maximum Gasteiger partial charge on any atom is 0.128 e. The van der Waals surface area contributed by atoms with Crippen molar-refractivity contribution in [2.75, 3.05) is 5.32 Å². The fourth-order valence-corrected chi connectivity index (χ4v) is 2.77. The molecule has 0 atom stereocenters. The summed E-state index contributed by atoms with van der Waals surface area (Å²) in [4.78, 5) is 0. The highest BCUT2D eigenvalue weighted by atomic mass is 19.1. The lowest BCUT2D eigenvalue weighted by Crippen LogP contribution is -2.24. The third kappa shape index (κ3) is 2.87. The van der Waals surface area contributed by atoms with Gasteiger partial charge in [-0.05, 0) is 50.1 Å². The summed E-state index contributed by atoms with van der Waals surface area (Å²) in [5.41, 5.74) is 3.80. The van der Waals surface area contributed by atoms with E-state index < -0.39 is 0 Å². The zero-order chi connectivity index (χ0) is 15.0. The van der Waals surface area contributed by atoms with Gasteiger partial charge in [0.2, 0.25) is 0 Å². The van der Waals surface area contributed by atoms with Gasteiger partial charge in [0, 0.05) is 24.2 Å². The van der Waals surface area contributed by atoms with E-state index >= 15 is 0 Å². The molecule has 2 aromatic carbocycles. The molecule has 0 aliphatic carbocycles. The van der Waals surface area contributed by atoms with Gasteiger partial charge in [0.1, 0.15) is 17.2 Å². The average molecular weight is 285 g/mol. The predicted octanol–water partition coefficient (Wildman–Crippen LogP) is 4.46. The topological polar surface area (TPSA) is 21.3 Å². The summed E-state index contributed by atoms with van der Waals surface area (Å²) < 4.78 is 19.4. The summed E-state index contributed by atoms with van der Waals surface area (Å²) in [5.74, 6) is 0.801. The first kappa shape index (κ1) is 13.9. The number of ether oxygens (including phenoxy) is 1. The molecule has 0 spiro atoms. The highest BCUT2D eigenvalue weighted by Crippen LogP contribution is 2.35. The first-order valence-corrected chi connectivity index (χ1v) is 7.24.